The van der Waals surface area contributed by atoms with E-state index < -0.39 is 0 Å². The minimum Gasteiger partial charge on any atom is -0.488 e. The first-order chi connectivity index (χ1) is 15.6. The van der Waals surface area contributed by atoms with Crippen LogP contribution >= 0.6 is 0 Å². The molecule has 2 aliphatic rings. The van der Waals surface area contributed by atoms with Crippen LogP contribution in [0.3, 0.4) is 0 Å². The number of Topliss-reactive ketones (excluding diaryl/α,β-unsaturated/α-hetero) is 1. The second-order valence-corrected chi connectivity index (χ2v) is 8.23. The molecule has 8 heteroatoms. The predicted molar refractivity (Wildman–Crippen MR) is 121 cm³/mol. The van der Waals surface area contributed by atoms with E-state index in [9.17, 15) is 4.79 Å². The lowest BCUT2D eigenvalue weighted by atomic mass is 9.92. The van der Waals surface area contributed by atoms with Gasteiger partial charge in [-0.15, -0.1) is 0 Å². The Hall–Kier alpha value is -3.78. The zero-order chi connectivity index (χ0) is 21.8. The number of rotatable bonds is 5. The molecule has 0 saturated heterocycles. The summed E-state index contributed by atoms with van der Waals surface area (Å²) in [4.78, 5) is 21.1. The van der Waals surface area contributed by atoms with Crippen LogP contribution in [-0.2, 0) is 7.05 Å². The fourth-order valence-corrected chi connectivity index (χ4v) is 4.31. The van der Waals surface area contributed by atoms with Gasteiger partial charge in [-0.25, -0.2) is 4.98 Å². The number of fused-ring (bicyclic) bond motifs is 2. The minimum absolute atomic E-state index is 0.0153. The van der Waals surface area contributed by atoms with Gasteiger partial charge in [0.15, 0.2) is 5.78 Å². The van der Waals surface area contributed by atoms with Crippen molar-refractivity contribution in [2.75, 3.05) is 13.1 Å². The van der Waals surface area contributed by atoms with Crippen LogP contribution < -0.4 is 10.5 Å². The van der Waals surface area contributed by atoms with E-state index in [1.165, 1.54) is 0 Å². The molecule has 8 nitrogen and oxygen atoms in total. The Morgan fingerprint density at radius 1 is 1.12 bits per heavy atom. The first-order valence-corrected chi connectivity index (χ1v) is 10.7. The number of carbonyl (C=O) groups excluding carboxylic acids is 1. The van der Waals surface area contributed by atoms with Gasteiger partial charge in [0.25, 0.3) is 0 Å². The molecular formula is C24H22N6O2. The van der Waals surface area contributed by atoms with Crippen molar-refractivity contribution < 1.29 is 9.53 Å². The zero-order valence-corrected chi connectivity index (χ0v) is 17.7. The zero-order valence-electron chi connectivity index (χ0n) is 17.7. The van der Waals surface area contributed by atoms with Gasteiger partial charge in [-0.3, -0.25) is 18.9 Å². The highest BCUT2D eigenvalue weighted by Gasteiger charge is 2.26. The highest BCUT2D eigenvalue weighted by atomic mass is 16.5. The molecule has 1 saturated carbocycles. The molecule has 6 rings (SSSR count). The molecule has 1 aliphatic heterocycles. The van der Waals surface area contributed by atoms with Gasteiger partial charge in [0, 0.05) is 30.3 Å². The Labute approximate surface area is 184 Å². The molecule has 0 radical (unpaired) electrons. The van der Waals surface area contributed by atoms with Gasteiger partial charge in [0.1, 0.15) is 17.8 Å². The Kier molecular flexibility index (Phi) is 4.22. The van der Waals surface area contributed by atoms with Gasteiger partial charge in [-0.1, -0.05) is 12.1 Å². The number of imidazole rings is 1. The number of hydrogen-bond donors (Lipinski definition) is 1. The average Bonchev–Trinajstić information content (AvgIpc) is 3.33. The predicted octanol–water partition coefficient (Wildman–Crippen LogP) is 2.89. The van der Waals surface area contributed by atoms with Crippen molar-refractivity contribution in [3.63, 3.8) is 0 Å². The van der Waals surface area contributed by atoms with E-state index >= 15 is 0 Å². The third-order valence-corrected chi connectivity index (χ3v) is 6.09. The van der Waals surface area contributed by atoms with Crippen LogP contribution in [0.15, 0.2) is 54.0 Å². The first kappa shape index (κ1) is 18.9. The van der Waals surface area contributed by atoms with Gasteiger partial charge < -0.3 is 10.5 Å². The number of aryl methyl sites for hydroxylation is 1. The molecule has 0 atom stereocenters. The Morgan fingerprint density at radius 2 is 2.00 bits per heavy atom. The van der Waals surface area contributed by atoms with E-state index in [1.807, 2.05) is 58.9 Å². The van der Waals surface area contributed by atoms with Crippen molar-refractivity contribution in [1.29, 1.82) is 0 Å². The van der Waals surface area contributed by atoms with Crippen LogP contribution in [0.1, 0.15) is 28.8 Å². The summed E-state index contributed by atoms with van der Waals surface area (Å²) in [5, 5.41) is 4.54. The van der Waals surface area contributed by atoms with Crippen molar-refractivity contribution in [1.82, 2.24) is 19.2 Å². The summed E-state index contributed by atoms with van der Waals surface area (Å²) in [7, 11) is 1.92. The van der Waals surface area contributed by atoms with Crippen molar-refractivity contribution in [3.8, 4) is 28.3 Å². The molecular weight excluding hydrogens is 404 g/mol. The highest BCUT2D eigenvalue weighted by molar-refractivity contribution is 6.16. The smallest absolute Gasteiger partial charge is 0.184 e. The monoisotopic (exact) mass is 426 g/mol. The number of ether oxygens (including phenoxy) is 1. The Bertz CT molecular complexity index is 1410. The number of aliphatic imine (C=N–C) groups is 1. The highest BCUT2D eigenvalue weighted by Crippen LogP contribution is 2.37. The van der Waals surface area contributed by atoms with Gasteiger partial charge in [0.2, 0.25) is 0 Å². The molecule has 0 unspecified atom stereocenters. The van der Waals surface area contributed by atoms with E-state index in [1.54, 1.807) is 6.33 Å². The molecule has 0 amide bonds. The lowest BCUT2D eigenvalue weighted by Crippen LogP contribution is -2.24. The third kappa shape index (κ3) is 2.95. The van der Waals surface area contributed by atoms with Crippen LogP contribution in [0.4, 0.5) is 0 Å². The topological polar surface area (TPSA) is 99.8 Å². The van der Waals surface area contributed by atoms with Crippen molar-refractivity contribution in [2.24, 2.45) is 17.8 Å². The van der Waals surface area contributed by atoms with Crippen LogP contribution in [-0.4, -0.2) is 49.9 Å². The van der Waals surface area contributed by atoms with Crippen molar-refractivity contribution >= 4 is 17.0 Å². The van der Waals surface area contributed by atoms with Gasteiger partial charge in [-0.05, 0) is 36.6 Å². The SMILES string of the molecule is Cn1ncc(-c2ccc3c(c2)C(CN)=NCC3=O)c1-c1ccc(OC2CC2)c2cncn12. The summed E-state index contributed by atoms with van der Waals surface area (Å²) in [5.74, 6) is 0.857. The van der Waals surface area contributed by atoms with Crippen LogP contribution in [0, 0.1) is 0 Å². The summed E-state index contributed by atoms with van der Waals surface area (Å²) in [5.41, 5.74) is 12.9. The number of nitrogens with two attached hydrogens (primary N) is 1. The van der Waals surface area contributed by atoms with E-state index in [2.05, 4.69) is 15.1 Å². The standard InChI is InChI=1S/C24H22N6O2/c1-29-24(20-6-7-23(32-15-3-4-15)21-11-26-13-30(20)21)18(10-28-29)14-2-5-16-17(8-14)19(9-25)27-12-22(16)31/h2,5-8,10-11,13,15H,3-4,9,12,25H2,1H3. The molecule has 4 aromatic rings. The van der Waals surface area contributed by atoms with Crippen LogP contribution in [0.25, 0.3) is 28.0 Å². The van der Waals surface area contributed by atoms with Gasteiger partial charge in [-0.2, -0.15) is 5.10 Å². The molecule has 3 aromatic heterocycles. The van der Waals surface area contributed by atoms with E-state index in [0.29, 0.717) is 18.2 Å². The molecule has 0 bridgehead atoms. The van der Waals surface area contributed by atoms with Crippen molar-refractivity contribution in [2.45, 2.75) is 18.9 Å². The fraction of sp³-hybridized carbons (Fsp3) is 0.250. The van der Waals surface area contributed by atoms with E-state index in [0.717, 1.165) is 57.9 Å². The van der Waals surface area contributed by atoms with Crippen LogP contribution in [0.2, 0.25) is 0 Å². The second kappa shape index (κ2) is 7.13. The number of pyridine rings is 1. The largest absolute Gasteiger partial charge is 0.488 e. The van der Waals surface area contributed by atoms with Crippen molar-refractivity contribution in [3.05, 3.63) is 60.2 Å². The number of aromatic nitrogens is 4. The lowest BCUT2D eigenvalue weighted by molar-refractivity contribution is 0.1000. The summed E-state index contributed by atoms with van der Waals surface area (Å²) in [6.07, 6.45) is 7.98. The third-order valence-electron chi connectivity index (χ3n) is 6.09. The molecule has 0 spiro atoms. The Balaban J connectivity index is 1.50. The quantitative estimate of drug-likeness (QED) is 0.529. The molecule has 32 heavy (non-hydrogen) atoms. The molecule has 4 heterocycles. The summed E-state index contributed by atoms with van der Waals surface area (Å²) >= 11 is 0. The molecule has 1 aromatic carbocycles. The maximum Gasteiger partial charge on any atom is 0.184 e. The maximum atomic E-state index is 12.3. The lowest BCUT2D eigenvalue weighted by Gasteiger charge is -2.17. The fourth-order valence-electron chi connectivity index (χ4n) is 4.31. The molecule has 160 valence electrons. The maximum absolute atomic E-state index is 12.3. The summed E-state index contributed by atoms with van der Waals surface area (Å²) in [6, 6.07) is 9.88. The number of benzene rings is 1. The second-order valence-electron chi connectivity index (χ2n) is 8.23. The number of ketones is 1. The average molecular weight is 426 g/mol. The number of hydrogen-bond acceptors (Lipinski definition) is 6. The first-order valence-electron chi connectivity index (χ1n) is 10.7. The summed E-state index contributed by atoms with van der Waals surface area (Å²) < 4.78 is 9.96. The number of carbonyl (C=O) groups is 1. The number of nitrogens with zero attached hydrogens (tertiary/aromatic N) is 5. The minimum atomic E-state index is 0.0153. The van der Waals surface area contributed by atoms with Crippen LogP contribution in [0.5, 0.6) is 5.75 Å². The van der Waals surface area contributed by atoms with Gasteiger partial charge in [0.05, 0.1) is 41.9 Å². The molecule has 2 N–H and O–H groups in total. The summed E-state index contributed by atoms with van der Waals surface area (Å²) in [6.45, 7) is 0.451. The van der Waals surface area contributed by atoms with E-state index in [-0.39, 0.29) is 12.3 Å². The van der Waals surface area contributed by atoms with Gasteiger partial charge >= 0.3 is 0 Å². The Morgan fingerprint density at radius 3 is 2.81 bits per heavy atom. The molecule has 1 aliphatic carbocycles. The van der Waals surface area contributed by atoms with E-state index in [4.69, 9.17) is 10.5 Å². The molecule has 1 fully saturated rings. The normalized spacial score (nSPS) is 15.7.